The molecule has 2 aromatic carbocycles. The fraction of sp³-hybridized carbons (Fsp3) is 0.158. The topological polar surface area (TPSA) is 42.0 Å². The van der Waals surface area contributed by atoms with E-state index in [1.165, 1.54) is 5.56 Å². The van der Waals surface area contributed by atoms with Crippen molar-refractivity contribution in [3.05, 3.63) is 76.9 Å². The lowest BCUT2D eigenvalue weighted by Crippen LogP contribution is -2.27. The summed E-state index contributed by atoms with van der Waals surface area (Å²) in [7, 11) is 0. The molecule has 1 amide bonds. The quantitative estimate of drug-likeness (QED) is 0.786. The van der Waals surface area contributed by atoms with Gasteiger partial charge in [0.1, 0.15) is 5.69 Å². The van der Waals surface area contributed by atoms with Crippen LogP contribution in [-0.2, 0) is 0 Å². The van der Waals surface area contributed by atoms with Crippen molar-refractivity contribution in [1.29, 1.82) is 0 Å². The van der Waals surface area contributed by atoms with Crippen molar-refractivity contribution in [3.63, 3.8) is 0 Å². The third kappa shape index (κ3) is 2.80. The summed E-state index contributed by atoms with van der Waals surface area (Å²) in [6.45, 7) is 0. The Hall–Kier alpha value is -2.39. The molecule has 4 heteroatoms. The summed E-state index contributed by atoms with van der Waals surface area (Å²) in [5.41, 5.74) is 2.34. The normalized spacial score (nSPS) is 19.5. The molecule has 0 unspecified atom stereocenters. The summed E-state index contributed by atoms with van der Waals surface area (Å²) >= 11 is 6.16. The number of hydrogen-bond donors (Lipinski definition) is 1. The van der Waals surface area contributed by atoms with Gasteiger partial charge in [0.05, 0.1) is 10.5 Å². The first-order valence-corrected chi connectivity index (χ1v) is 8.01. The average Bonchev–Trinajstić information content (AvgIpc) is 3.35. The van der Waals surface area contributed by atoms with E-state index in [2.05, 4.69) is 22.4 Å². The number of halogens is 1. The first kappa shape index (κ1) is 14.2. The second kappa shape index (κ2) is 5.67. The molecule has 1 aliphatic rings. The van der Waals surface area contributed by atoms with Crippen LogP contribution in [0, 0.1) is 0 Å². The SMILES string of the molecule is O=C(N[C@@H]1C[C@H]1c1ccccc1)c1ccc2cccc(Cl)c2n1. The number of aromatic nitrogens is 1. The maximum absolute atomic E-state index is 12.4. The Kier molecular flexibility index (Phi) is 3.50. The van der Waals surface area contributed by atoms with Crippen molar-refractivity contribution < 1.29 is 4.79 Å². The molecule has 1 aliphatic carbocycles. The highest BCUT2D eigenvalue weighted by molar-refractivity contribution is 6.35. The molecule has 114 valence electrons. The minimum absolute atomic E-state index is 0.143. The average molecular weight is 323 g/mol. The van der Waals surface area contributed by atoms with Crippen LogP contribution in [0.25, 0.3) is 10.9 Å². The molecule has 0 spiro atoms. The van der Waals surface area contributed by atoms with E-state index in [0.717, 1.165) is 11.8 Å². The monoisotopic (exact) mass is 322 g/mol. The van der Waals surface area contributed by atoms with Crippen LogP contribution in [0.3, 0.4) is 0 Å². The summed E-state index contributed by atoms with van der Waals surface area (Å²) < 4.78 is 0. The van der Waals surface area contributed by atoms with E-state index in [-0.39, 0.29) is 11.9 Å². The van der Waals surface area contributed by atoms with E-state index in [1.807, 2.05) is 36.4 Å². The van der Waals surface area contributed by atoms with E-state index in [1.54, 1.807) is 12.1 Å². The number of nitrogens with one attached hydrogen (secondary N) is 1. The molecule has 23 heavy (non-hydrogen) atoms. The van der Waals surface area contributed by atoms with E-state index >= 15 is 0 Å². The zero-order valence-electron chi connectivity index (χ0n) is 12.4. The molecular weight excluding hydrogens is 308 g/mol. The van der Waals surface area contributed by atoms with E-state index in [9.17, 15) is 4.79 Å². The van der Waals surface area contributed by atoms with Crippen LogP contribution >= 0.6 is 11.6 Å². The molecule has 1 saturated carbocycles. The van der Waals surface area contributed by atoms with E-state index < -0.39 is 0 Å². The molecule has 0 aliphatic heterocycles. The van der Waals surface area contributed by atoms with Gasteiger partial charge in [-0.25, -0.2) is 4.98 Å². The molecule has 2 atom stereocenters. The Morgan fingerprint density at radius 3 is 2.70 bits per heavy atom. The van der Waals surface area contributed by atoms with Gasteiger partial charge in [-0.2, -0.15) is 0 Å². The van der Waals surface area contributed by atoms with Gasteiger partial charge in [0, 0.05) is 17.3 Å². The van der Waals surface area contributed by atoms with Gasteiger partial charge < -0.3 is 5.32 Å². The predicted octanol–water partition coefficient (Wildman–Crippen LogP) is 4.17. The largest absolute Gasteiger partial charge is 0.347 e. The Morgan fingerprint density at radius 1 is 1.04 bits per heavy atom. The number of amides is 1. The maximum Gasteiger partial charge on any atom is 0.270 e. The number of rotatable bonds is 3. The standard InChI is InChI=1S/C19H15ClN2O/c20-15-8-4-7-13-9-10-16(21-18(13)15)19(23)22-17-11-14(17)12-5-2-1-3-6-12/h1-10,14,17H,11H2,(H,22,23)/t14-,17+/m0/s1. The molecule has 1 aromatic heterocycles. The summed E-state index contributed by atoms with van der Waals surface area (Å²) in [5, 5.41) is 4.55. The second-order valence-corrected chi connectivity index (χ2v) is 6.25. The van der Waals surface area contributed by atoms with Crippen LogP contribution in [0.5, 0.6) is 0 Å². The molecule has 0 saturated heterocycles. The summed E-state index contributed by atoms with van der Waals surface area (Å²) in [5.74, 6) is 0.263. The van der Waals surface area contributed by atoms with E-state index in [0.29, 0.717) is 22.2 Å². The maximum atomic E-state index is 12.4. The number of carbonyl (C=O) groups excluding carboxylic acids is 1. The molecule has 1 fully saturated rings. The van der Waals surface area contributed by atoms with Gasteiger partial charge in [0.2, 0.25) is 0 Å². The van der Waals surface area contributed by atoms with Crippen molar-refractivity contribution in [1.82, 2.24) is 10.3 Å². The van der Waals surface area contributed by atoms with Gasteiger partial charge in [-0.15, -0.1) is 0 Å². The molecule has 0 bridgehead atoms. The predicted molar refractivity (Wildman–Crippen MR) is 91.8 cm³/mol. The number of hydrogen-bond acceptors (Lipinski definition) is 2. The van der Waals surface area contributed by atoms with Gasteiger partial charge in [-0.05, 0) is 24.1 Å². The number of nitrogens with zero attached hydrogens (tertiary/aromatic N) is 1. The Labute approximate surface area is 139 Å². The zero-order chi connectivity index (χ0) is 15.8. The van der Waals surface area contributed by atoms with Crippen LogP contribution in [0.4, 0.5) is 0 Å². The summed E-state index contributed by atoms with van der Waals surface area (Å²) in [6, 6.07) is 19.7. The van der Waals surface area contributed by atoms with Gasteiger partial charge in [0.25, 0.3) is 5.91 Å². The second-order valence-electron chi connectivity index (χ2n) is 5.84. The highest BCUT2D eigenvalue weighted by atomic mass is 35.5. The van der Waals surface area contributed by atoms with Crippen molar-refractivity contribution in [2.24, 2.45) is 0 Å². The van der Waals surface area contributed by atoms with Crippen LogP contribution in [0.1, 0.15) is 28.4 Å². The molecule has 0 radical (unpaired) electrons. The molecule has 3 aromatic rings. The Morgan fingerprint density at radius 2 is 1.87 bits per heavy atom. The zero-order valence-corrected chi connectivity index (χ0v) is 13.1. The highest BCUT2D eigenvalue weighted by Crippen LogP contribution is 2.40. The molecule has 3 nitrogen and oxygen atoms in total. The lowest BCUT2D eigenvalue weighted by molar-refractivity contribution is 0.0945. The number of para-hydroxylation sites is 1. The van der Waals surface area contributed by atoms with Crippen molar-refractivity contribution in [2.45, 2.75) is 18.4 Å². The lowest BCUT2D eigenvalue weighted by Gasteiger charge is -2.06. The van der Waals surface area contributed by atoms with Crippen molar-refractivity contribution in [2.75, 3.05) is 0 Å². The summed E-state index contributed by atoms with van der Waals surface area (Å²) in [4.78, 5) is 16.8. The molecular formula is C19H15ClN2O. The molecule has 1 N–H and O–H groups in total. The molecule has 4 rings (SSSR count). The van der Waals surface area contributed by atoms with Crippen molar-refractivity contribution >= 4 is 28.4 Å². The van der Waals surface area contributed by atoms with Crippen molar-refractivity contribution in [3.8, 4) is 0 Å². The number of fused-ring (bicyclic) bond motifs is 1. The Bertz CT molecular complexity index is 879. The van der Waals surface area contributed by atoms with Crippen LogP contribution in [0.2, 0.25) is 5.02 Å². The smallest absolute Gasteiger partial charge is 0.270 e. The van der Waals surface area contributed by atoms with Crippen LogP contribution < -0.4 is 5.32 Å². The number of pyridine rings is 1. The van der Waals surface area contributed by atoms with Gasteiger partial charge in [0.15, 0.2) is 0 Å². The van der Waals surface area contributed by atoms with Crippen LogP contribution in [0.15, 0.2) is 60.7 Å². The van der Waals surface area contributed by atoms with Gasteiger partial charge in [-0.1, -0.05) is 60.1 Å². The fourth-order valence-electron chi connectivity index (χ4n) is 2.90. The minimum Gasteiger partial charge on any atom is -0.347 e. The van der Waals surface area contributed by atoms with Gasteiger partial charge >= 0.3 is 0 Å². The third-order valence-electron chi connectivity index (χ3n) is 4.24. The minimum atomic E-state index is -0.143. The van der Waals surface area contributed by atoms with E-state index in [4.69, 9.17) is 11.6 Å². The fourth-order valence-corrected chi connectivity index (χ4v) is 3.13. The van der Waals surface area contributed by atoms with Crippen LogP contribution in [-0.4, -0.2) is 16.9 Å². The number of carbonyl (C=O) groups is 1. The van der Waals surface area contributed by atoms with Gasteiger partial charge in [-0.3, -0.25) is 4.79 Å². The first-order valence-electron chi connectivity index (χ1n) is 7.63. The Balaban J connectivity index is 1.51. The first-order chi connectivity index (χ1) is 11.2. The summed E-state index contributed by atoms with van der Waals surface area (Å²) in [6.07, 6.45) is 0.976. The highest BCUT2D eigenvalue weighted by Gasteiger charge is 2.39. The number of benzene rings is 2. The lowest BCUT2D eigenvalue weighted by atomic mass is 10.1. The molecule has 1 heterocycles. The third-order valence-corrected chi connectivity index (χ3v) is 4.54.